The summed E-state index contributed by atoms with van der Waals surface area (Å²) in [5.41, 5.74) is 9.79. The monoisotopic (exact) mass is 578 g/mol. The molecule has 5 rings (SSSR count). The van der Waals surface area contributed by atoms with Gasteiger partial charge in [-0.3, -0.25) is 20.5 Å². The van der Waals surface area contributed by atoms with E-state index >= 15 is 0 Å². The first-order valence-electron chi connectivity index (χ1n) is 11.8. The largest absolute Gasteiger partial charge is 0.384 e. The molecular formula is C26H23ClN8O4S. The van der Waals surface area contributed by atoms with Crippen LogP contribution in [0.1, 0.15) is 11.1 Å². The maximum absolute atomic E-state index is 13.7. The molecule has 0 saturated carbocycles. The molecule has 4 aromatic rings. The fourth-order valence-corrected chi connectivity index (χ4v) is 5.44. The van der Waals surface area contributed by atoms with Gasteiger partial charge >= 0.3 is 0 Å². The van der Waals surface area contributed by atoms with Crippen LogP contribution in [0.3, 0.4) is 0 Å². The van der Waals surface area contributed by atoms with Gasteiger partial charge in [0.15, 0.2) is 9.84 Å². The summed E-state index contributed by atoms with van der Waals surface area (Å²) < 4.78 is 25.9. The Kier molecular flexibility index (Phi) is 7.10. The van der Waals surface area contributed by atoms with Gasteiger partial charge in [0.2, 0.25) is 5.60 Å². The summed E-state index contributed by atoms with van der Waals surface area (Å²) in [5, 5.41) is 21.9. The number of aromatic nitrogens is 4. The number of nitrogens with zero attached hydrogens (tertiary/aromatic N) is 4. The lowest BCUT2D eigenvalue weighted by Gasteiger charge is -2.24. The number of nitrogens with two attached hydrogens (primary N) is 1. The van der Waals surface area contributed by atoms with E-state index in [0.717, 1.165) is 6.26 Å². The highest BCUT2D eigenvalue weighted by atomic mass is 35.5. The van der Waals surface area contributed by atoms with E-state index in [1.165, 1.54) is 23.1 Å². The number of halogens is 1. The lowest BCUT2D eigenvalue weighted by atomic mass is 9.99. The number of benzene rings is 3. The molecule has 12 nitrogen and oxygen atoms in total. The van der Waals surface area contributed by atoms with Gasteiger partial charge in [-0.05, 0) is 40.8 Å². The number of hydrogen-bond acceptors (Lipinski definition) is 9. The summed E-state index contributed by atoms with van der Waals surface area (Å²) >= 11 is 6.56. The second-order valence-corrected chi connectivity index (χ2v) is 11.5. The maximum Gasteiger partial charge on any atom is 0.265 e. The minimum Gasteiger partial charge on any atom is -0.384 e. The molecule has 0 fully saturated rings. The number of hydrogen-bond donors (Lipinski definition) is 4. The van der Waals surface area contributed by atoms with Crippen molar-refractivity contribution in [2.75, 3.05) is 11.6 Å². The van der Waals surface area contributed by atoms with Crippen LogP contribution < -0.4 is 16.5 Å². The van der Waals surface area contributed by atoms with Crippen molar-refractivity contribution in [3.63, 3.8) is 0 Å². The number of nitrogens with one attached hydrogen (secondary N) is 3. The van der Waals surface area contributed by atoms with Crippen molar-refractivity contribution >= 4 is 44.6 Å². The van der Waals surface area contributed by atoms with Gasteiger partial charge in [0.1, 0.15) is 12.2 Å². The van der Waals surface area contributed by atoms with Crippen molar-refractivity contribution in [2.45, 2.75) is 17.0 Å². The highest BCUT2D eigenvalue weighted by Crippen LogP contribution is 2.35. The summed E-state index contributed by atoms with van der Waals surface area (Å²) in [6.45, 7) is -0.0672. The number of tetrazole rings is 1. The summed E-state index contributed by atoms with van der Waals surface area (Å²) in [6.07, 6.45) is 4.08. The summed E-state index contributed by atoms with van der Waals surface area (Å²) in [7, 11) is -3.50. The van der Waals surface area contributed by atoms with Crippen LogP contribution in [-0.2, 0) is 26.0 Å². The zero-order valence-corrected chi connectivity index (χ0v) is 22.6. The van der Waals surface area contributed by atoms with E-state index in [9.17, 15) is 13.2 Å². The Balaban J connectivity index is 1.47. The standard InChI is InChI=1S/C26H23ClN8O4S/c1-40(37,38)23-8-3-2-7-20(23)19-10-9-18(12-21(19)27)31-25(36)26(14-35-15-30-33-34-35)13-22(32-39-26)16-5-4-6-17(11-16)24(28)29/h2-13,15,32H,14H2,1H3,(H3,28,29)(H,31,36). The molecule has 1 aliphatic rings. The van der Waals surface area contributed by atoms with Crippen LogP contribution in [0.5, 0.6) is 0 Å². The van der Waals surface area contributed by atoms with E-state index in [2.05, 4.69) is 26.3 Å². The van der Waals surface area contributed by atoms with E-state index in [-0.39, 0.29) is 22.3 Å². The Hall–Kier alpha value is -4.59. The van der Waals surface area contributed by atoms with Gasteiger partial charge in [0.25, 0.3) is 5.91 Å². The van der Waals surface area contributed by atoms with Crippen molar-refractivity contribution in [3.8, 4) is 11.1 Å². The molecule has 2 heterocycles. The summed E-state index contributed by atoms with van der Waals surface area (Å²) in [4.78, 5) is 19.7. The zero-order chi connectivity index (χ0) is 28.5. The van der Waals surface area contributed by atoms with Gasteiger partial charge in [-0.15, -0.1) is 5.10 Å². The molecule has 1 amide bonds. The van der Waals surface area contributed by atoms with Gasteiger partial charge in [-0.2, -0.15) is 0 Å². The van der Waals surface area contributed by atoms with Gasteiger partial charge in [-0.1, -0.05) is 54.1 Å². The van der Waals surface area contributed by atoms with Crippen LogP contribution in [0, 0.1) is 5.41 Å². The molecule has 3 aromatic carbocycles. The van der Waals surface area contributed by atoms with Crippen molar-refractivity contribution in [1.82, 2.24) is 25.7 Å². The van der Waals surface area contributed by atoms with Crippen LogP contribution in [0.25, 0.3) is 16.8 Å². The normalized spacial score (nSPS) is 16.7. The average molecular weight is 579 g/mol. The maximum atomic E-state index is 13.7. The van der Waals surface area contributed by atoms with Crippen LogP contribution in [-0.4, -0.2) is 52.2 Å². The minimum atomic E-state index is -3.50. The third-order valence-electron chi connectivity index (χ3n) is 6.18. The Morgan fingerprint density at radius 3 is 2.65 bits per heavy atom. The number of anilines is 1. The van der Waals surface area contributed by atoms with E-state index in [1.54, 1.807) is 60.7 Å². The van der Waals surface area contributed by atoms with E-state index in [4.69, 9.17) is 27.6 Å². The van der Waals surface area contributed by atoms with Gasteiger partial charge < -0.3 is 11.1 Å². The summed E-state index contributed by atoms with van der Waals surface area (Å²) in [6, 6.07) is 18.2. The number of rotatable bonds is 8. The van der Waals surface area contributed by atoms with Crippen LogP contribution in [0.2, 0.25) is 5.02 Å². The highest BCUT2D eigenvalue weighted by molar-refractivity contribution is 7.90. The third-order valence-corrected chi connectivity index (χ3v) is 7.65. The molecule has 0 radical (unpaired) electrons. The van der Waals surface area contributed by atoms with Crippen molar-refractivity contribution in [3.05, 3.63) is 95.3 Å². The van der Waals surface area contributed by atoms with Crippen LogP contribution >= 0.6 is 11.6 Å². The molecular weight excluding hydrogens is 556 g/mol. The van der Waals surface area contributed by atoms with E-state index < -0.39 is 21.3 Å². The van der Waals surface area contributed by atoms with Gasteiger partial charge in [-0.25, -0.2) is 13.1 Å². The average Bonchev–Trinajstić information content (AvgIpc) is 3.59. The Morgan fingerprint density at radius 2 is 1.95 bits per heavy atom. The Labute approximate surface area is 234 Å². The highest BCUT2D eigenvalue weighted by Gasteiger charge is 2.44. The molecule has 0 bridgehead atoms. The third kappa shape index (κ3) is 5.43. The van der Waals surface area contributed by atoms with Crippen LogP contribution in [0.15, 0.2) is 84.0 Å². The second-order valence-electron chi connectivity index (χ2n) is 9.07. The number of nitrogen functional groups attached to an aromatic ring is 1. The van der Waals surface area contributed by atoms with E-state index in [0.29, 0.717) is 33.6 Å². The predicted octanol–water partition coefficient (Wildman–Crippen LogP) is 2.63. The van der Waals surface area contributed by atoms with Crippen LogP contribution in [0.4, 0.5) is 5.69 Å². The van der Waals surface area contributed by atoms with Crippen molar-refractivity contribution in [2.24, 2.45) is 5.73 Å². The fraction of sp³-hybridized carbons (Fsp3) is 0.115. The van der Waals surface area contributed by atoms with Crippen molar-refractivity contribution in [1.29, 1.82) is 5.41 Å². The SMILES string of the molecule is CS(=O)(=O)c1ccccc1-c1ccc(NC(=O)C2(Cn3cnnn3)C=C(c3cccc(C(=N)N)c3)NO2)cc1Cl. The topological polar surface area (TPSA) is 178 Å². The number of sulfone groups is 1. The number of carbonyl (C=O) groups excluding carboxylic acids is 1. The smallest absolute Gasteiger partial charge is 0.265 e. The van der Waals surface area contributed by atoms with Gasteiger partial charge in [0.05, 0.1) is 22.2 Å². The molecule has 1 atom stereocenters. The lowest BCUT2D eigenvalue weighted by Crippen LogP contribution is -2.46. The molecule has 0 saturated heterocycles. The van der Waals surface area contributed by atoms with E-state index in [1.807, 2.05) is 0 Å². The predicted molar refractivity (Wildman–Crippen MR) is 149 cm³/mol. The Bertz CT molecular complexity index is 1760. The van der Waals surface area contributed by atoms with Crippen molar-refractivity contribution < 1.29 is 18.0 Å². The molecule has 204 valence electrons. The molecule has 5 N–H and O–H groups in total. The first-order valence-corrected chi connectivity index (χ1v) is 14.1. The first kappa shape index (κ1) is 27.0. The quantitative estimate of drug-likeness (QED) is 0.181. The number of hydroxylamine groups is 1. The molecule has 1 aliphatic heterocycles. The minimum absolute atomic E-state index is 0.0672. The zero-order valence-electron chi connectivity index (χ0n) is 21.0. The number of amidine groups is 1. The summed E-state index contributed by atoms with van der Waals surface area (Å²) in [5.74, 6) is -0.646. The second kappa shape index (κ2) is 10.5. The molecule has 0 aliphatic carbocycles. The number of amides is 1. The first-order chi connectivity index (χ1) is 19.1. The fourth-order valence-electron chi connectivity index (χ4n) is 4.25. The van der Waals surface area contributed by atoms with Gasteiger partial charge in [0, 0.05) is 34.2 Å². The molecule has 0 spiro atoms. The Morgan fingerprint density at radius 1 is 1.15 bits per heavy atom. The molecule has 1 aromatic heterocycles. The molecule has 1 unspecified atom stereocenters. The number of carbonyl (C=O) groups is 1. The lowest BCUT2D eigenvalue weighted by molar-refractivity contribution is -0.140. The molecule has 14 heteroatoms. The molecule has 40 heavy (non-hydrogen) atoms.